The highest BCUT2D eigenvalue weighted by Crippen LogP contribution is 2.33. The molecule has 1 aliphatic carbocycles. The molecular weight excluding hydrogens is 372 g/mol. The Bertz CT molecular complexity index is 1240. The Labute approximate surface area is 176 Å². The minimum atomic E-state index is -0.108. The molecule has 0 saturated carbocycles. The standard InChI is InChI=1S/C25H26N4O/c1-25(2,3)15-12-13-19-18(14-15)16-9-7-10-20(22(16)26-19)27-28-23-17-8-5-6-11-21(17)29(4)24(23)30/h5-6,8,11-14,26H,7,9-10H2,1-4H3/b27-20-,28-23-. The van der Waals surface area contributed by atoms with Crippen molar-refractivity contribution in [1.29, 1.82) is 0 Å². The van der Waals surface area contributed by atoms with Gasteiger partial charge in [-0.1, -0.05) is 45.0 Å². The molecule has 0 unspecified atom stereocenters. The van der Waals surface area contributed by atoms with Crippen LogP contribution >= 0.6 is 0 Å². The van der Waals surface area contributed by atoms with Crippen LogP contribution in [0.3, 0.4) is 0 Å². The molecule has 1 aliphatic heterocycles. The number of likely N-dealkylation sites (N-methyl/N-ethyl adjacent to an activating group) is 1. The fourth-order valence-corrected chi connectivity index (χ4v) is 4.43. The van der Waals surface area contributed by atoms with Gasteiger partial charge in [-0.2, -0.15) is 5.10 Å². The Morgan fingerprint density at radius 3 is 2.63 bits per heavy atom. The number of H-pyrrole nitrogens is 1. The van der Waals surface area contributed by atoms with E-state index in [9.17, 15) is 4.79 Å². The Morgan fingerprint density at radius 1 is 1.03 bits per heavy atom. The van der Waals surface area contributed by atoms with Crippen LogP contribution in [0.4, 0.5) is 5.69 Å². The number of benzene rings is 2. The lowest BCUT2D eigenvalue weighted by atomic mass is 9.85. The molecule has 0 spiro atoms. The second-order valence-electron chi connectivity index (χ2n) is 9.22. The summed E-state index contributed by atoms with van der Waals surface area (Å²) in [6.07, 6.45) is 2.92. The van der Waals surface area contributed by atoms with E-state index in [4.69, 9.17) is 0 Å². The van der Waals surface area contributed by atoms with Crippen LogP contribution in [0.5, 0.6) is 0 Å². The van der Waals surface area contributed by atoms with Crippen LogP contribution in [0, 0.1) is 0 Å². The summed E-state index contributed by atoms with van der Waals surface area (Å²) in [6, 6.07) is 14.4. The summed E-state index contributed by atoms with van der Waals surface area (Å²) in [5, 5.41) is 10.3. The molecule has 1 N–H and O–H groups in total. The molecular formula is C25H26N4O. The van der Waals surface area contributed by atoms with Crippen LogP contribution in [0.2, 0.25) is 0 Å². The molecule has 0 saturated heterocycles. The number of aryl methyl sites for hydroxylation is 1. The van der Waals surface area contributed by atoms with Gasteiger partial charge >= 0.3 is 0 Å². The fourth-order valence-electron chi connectivity index (χ4n) is 4.43. The first kappa shape index (κ1) is 18.8. The molecule has 2 aromatic carbocycles. The van der Waals surface area contributed by atoms with Crippen LogP contribution in [0.1, 0.15) is 56.0 Å². The number of carbonyl (C=O) groups is 1. The minimum absolute atomic E-state index is 0.108. The van der Waals surface area contributed by atoms with E-state index in [0.29, 0.717) is 5.71 Å². The lowest BCUT2D eigenvalue weighted by Gasteiger charge is -2.19. The molecule has 3 aromatic rings. The molecule has 1 aromatic heterocycles. The molecule has 2 aliphatic rings. The van der Waals surface area contributed by atoms with Crippen LogP contribution in [-0.2, 0) is 16.6 Å². The molecule has 0 radical (unpaired) electrons. The van der Waals surface area contributed by atoms with Crippen molar-refractivity contribution in [3.05, 3.63) is 64.8 Å². The topological polar surface area (TPSA) is 60.8 Å². The predicted molar refractivity (Wildman–Crippen MR) is 123 cm³/mol. The van der Waals surface area contributed by atoms with Gasteiger partial charge in [0.05, 0.1) is 17.1 Å². The highest BCUT2D eigenvalue weighted by molar-refractivity contribution is 6.54. The minimum Gasteiger partial charge on any atom is -0.353 e. The van der Waals surface area contributed by atoms with Gasteiger partial charge in [0, 0.05) is 23.5 Å². The Hall–Kier alpha value is -3.21. The number of fused-ring (bicyclic) bond motifs is 4. The van der Waals surface area contributed by atoms with Gasteiger partial charge in [-0.25, -0.2) is 0 Å². The first-order valence-electron chi connectivity index (χ1n) is 10.5. The van der Waals surface area contributed by atoms with E-state index in [-0.39, 0.29) is 11.3 Å². The Morgan fingerprint density at radius 2 is 1.83 bits per heavy atom. The van der Waals surface area contributed by atoms with Gasteiger partial charge in [-0.15, -0.1) is 5.10 Å². The normalized spacial score (nSPS) is 19.1. The SMILES string of the molecule is CN1C(=O)/C(=N\N=C2\CCCc3c2[nH]c2ccc(C(C)(C)C)cc32)c2ccccc21. The molecule has 5 rings (SSSR count). The molecule has 5 nitrogen and oxygen atoms in total. The van der Waals surface area contributed by atoms with E-state index in [2.05, 4.69) is 54.2 Å². The lowest BCUT2D eigenvalue weighted by Crippen LogP contribution is -2.25. The number of aromatic nitrogens is 1. The maximum Gasteiger partial charge on any atom is 0.279 e. The van der Waals surface area contributed by atoms with E-state index in [1.165, 1.54) is 16.5 Å². The molecule has 2 heterocycles. The fraction of sp³-hybridized carbons (Fsp3) is 0.320. The van der Waals surface area contributed by atoms with E-state index >= 15 is 0 Å². The zero-order valence-corrected chi connectivity index (χ0v) is 17.9. The number of para-hydroxylation sites is 1. The molecule has 5 heteroatoms. The molecule has 152 valence electrons. The average Bonchev–Trinajstić information content (AvgIpc) is 3.22. The molecule has 0 bridgehead atoms. The number of amides is 1. The van der Waals surface area contributed by atoms with Crippen LogP contribution < -0.4 is 4.90 Å². The van der Waals surface area contributed by atoms with Gasteiger partial charge < -0.3 is 9.88 Å². The number of carbonyl (C=O) groups excluding carboxylic acids is 1. The van der Waals surface area contributed by atoms with E-state index in [1.54, 1.807) is 11.9 Å². The van der Waals surface area contributed by atoms with E-state index in [0.717, 1.165) is 47.4 Å². The maximum atomic E-state index is 12.7. The summed E-state index contributed by atoms with van der Waals surface area (Å²) in [4.78, 5) is 17.9. The van der Waals surface area contributed by atoms with Crippen molar-refractivity contribution < 1.29 is 4.79 Å². The number of hydrogen-bond acceptors (Lipinski definition) is 3. The highest BCUT2D eigenvalue weighted by Gasteiger charge is 2.31. The quantitative estimate of drug-likeness (QED) is 0.578. The van der Waals surface area contributed by atoms with E-state index in [1.807, 2.05) is 24.3 Å². The number of nitrogens with zero attached hydrogens (tertiary/aromatic N) is 3. The maximum absolute atomic E-state index is 12.7. The zero-order chi connectivity index (χ0) is 21.0. The van der Waals surface area contributed by atoms with Crippen LogP contribution in [-0.4, -0.2) is 29.4 Å². The largest absolute Gasteiger partial charge is 0.353 e. The summed E-state index contributed by atoms with van der Waals surface area (Å²) in [7, 11) is 1.78. The predicted octanol–water partition coefficient (Wildman–Crippen LogP) is 4.97. The number of aromatic amines is 1. The van der Waals surface area contributed by atoms with Gasteiger partial charge in [-0.05, 0) is 54.0 Å². The molecule has 0 atom stereocenters. The summed E-state index contributed by atoms with van der Waals surface area (Å²) < 4.78 is 0. The highest BCUT2D eigenvalue weighted by atomic mass is 16.2. The smallest absolute Gasteiger partial charge is 0.279 e. The Balaban J connectivity index is 1.59. The third kappa shape index (κ3) is 2.88. The van der Waals surface area contributed by atoms with Gasteiger partial charge in [0.25, 0.3) is 5.91 Å². The van der Waals surface area contributed by atoms with Gasteiger partial charge in [0.2, 0.25) is 0 Å². The van der Waals surface area contributed by atoms with Crippen molar-refractivity contribution in [1.82, 2.24) is 4.98 Å². The number of rotatable bonds is 1. The lowest BCUT2D eigenvalue weighted by molar-refractivity contribution is -0.111. The summed E-state index contributed by atoms with van der Waals surface area (Å²) in [5.74, 6) is -0.108. The van der Waals surface area contributed by atoms with Crippen molar-refractivity contribution in [3.8, 4) is 0 Å². The van der Waals surface area contributed by atoms with Crippen molar-refractivity contribution in [2.45, 2.75) is 45.4 Å². The van der Waals surface area contributed by atoms with Crippen molar-refractivity contribution in [3.63, 3.8) is 0 Å². The number of nitrogens with one attached hydrogen (secondary N) is 1. The third-order valence-electron chi connectivity index (χ3n) is 6.20. The van der Waals surface area contributed by atoms with Crippen LogP contribution in [0.25, 0.3) is 10.9 Å². The monoisotopic (exact) mass is 398 g/mol. The van der Waals surface area contributed by atoms with Crippen LogP contribution in [0.15, 0.2) is 52.7 Å². The second-order valence-corrected chi connectivity index (χ2v) is 9.22. The zero-order valence-electron chi connectivity index (χ0n) is 17.9. The third-order valence-corrected chi connectivity index (χ3v) is 6.20. The second kappa shape index (κ2) is 6.66. The first-order valence-corrected chi connectivity index (χ1v) is 10.5. The van der Waals surface area contributed by atoms with Gasteiger partial charge in [0.1, 0.15) is 0 Å². The van der Waals surface area contributed by atoms with E-state index < -0.39 is 0 Å². The summed E-state index contributed by atoms with van der Waals surface area (Å²) >= 11 is 0. The summed E-state index contributed by atoms with van der Waals surface area (Å²) in [5.41, 5.74) is 8.03. The van der Waals surface area contributed by atoms with Crippen molar-refractivity contribution in [2.75, 3.05) is 11.9 Å². The summed E-state index contributed by atoms with van der Waals surface area (Å²) in [6.45, 7) is 6.72. The molecule has 1 amide bonds. The first-order chi connectivity index (χ1) is 14.3. The number of hydrogen-bond donors (Lipinski definition) is 1. The average molecular weight is 399 g/mol. The number of anilines is 1. The van der Waals surface area contributed by atoms with Crippen molar-refractivity contribution in [2.24, 2.45) is 10.2 Å². The Kier molecular flexibility index (Phi) is 4.17. The van der Waals surface area contributed by atoms with Gasteiger partial charge in [-0.3, -0.25) is 4.79 Å². The molecule has 30 heavy (non-hydrogen) atoms. The molecule has 0 fully saturated rings. The van der Waals surface area contributed by atoms with Gasteiger partial charge in [0.15, 0.2) is 5.71 Å². The van der Waals surface area contributed by atoms with Crippen molar-refractivity contribution >= 4 is 33.9 Å².